The minimum atomic E-state index is -0.180. The monoisotopic (exact) mass is 421 g/mol. The molecule has 0 aliphatic carbocycles. The number of methoxy groups -OCH3 is 1. The molecule has 0 bridgehead atoms. The number of rotatable bonds is 8. The molecule has 3 aromatic carbocycles. The summed E-state index contributed by atoms with van der Waals surface area (Å²) in [5.74, 6) is 1.70. The number of amides is 1. The largest absolute Gasteiger partial charge is 0.497 e. The van der Waals surface area contributed by atoms with E-state index in [4.69, 9.17) is 13.9 Å². The fourth-order valence-electron chi connectivity index (χ4n) is 2.78. The average Bonchev–Trinajstić information content (AvgIpc) is 3.24. The van der Waals surface area contributed by atoms with E-state index in [1.807, 2.05) is 48.5 Å². The van der Waals surface area contributed by atoms with E-state index in [1.165, 1.54) is 0 Å². The zero-order valence-electron chi connectivity index (χ0n) is 16.2. The van der Waals surface area contributed by atoms with Crippen LogP contribution < -0.4 is 14.8 Å². The summed E-state index contributed by atoms with van der Waals surface area (Å²) in [5, 5.41) is 13.3. The molecule has 0 atom stereocenters. The molecular formula is C22H19N3O4S. The van der Waals surface area contributed by atoms with Crippen molar-refractivity contribution in [1.29, 1.82) is 0 Å². The van der Waals surface area contributed by atoms with Crippen molar-refractivity contribution in [2.45, 2.75) is 11.8 Å². The lowest BCUT2D eigenvalue weighted by Gasteiger charge is -2.06. The number of aromatic nitrogens is 2. The first-order valence-electron chi connectivity index (χ1n) is 9.20. The summed E-state index contributed by atoms with van der Waals surface area (Å²) in [7, 11) is 1.58. The maximum absolute atomic E-state index is 12.1. The smallest absolute Gasteiger partial charge is 0.277 e. The molecule has 4 aromatic rings. The van der Waals surface area contributed by atoms with Crippen molar-refractivity contribution in [2.75, 3.05) is 18.2 Å². The van der Waals surface area contributed by atoms with Crippen LogP contribution in [0, 0.1) is 0 Å². The SMILES string of the molecule is COc1cccc(NC(=O)CSc2nnc(COc3ccc4ccccc4c3)o2)c1. The van der Waals surface area contributed by atoms with Gasteiger partial charge in [-0.3, -0.25) is 4.79 Å². The van der Waals surface area contributed by atoms with Gasteiger partial charge in [0.2, 0.25) is 5.91 Å². The Kier molecular flexibility index (Phi) is 6.14. The summed E-state index contributed by atoms with van der Waals surface area (Å²) >= 11 is 1.16. The third-order valence-corrected chi connectivity index (χ3v) is 5.03. The standard InChI is InChI=1S/C22H19N3O4S/c1-27-18-8-4-7-17(12-18)23-20(26)14-30-22-25-24-21(29-22)13-28-19-10-9-15-5-2-3-6-16(15)11-19/h2-12H,13-14H2,1H3,(H,23,26). The van der Waals surface area contributed by atoms with Crippen LogP contribution in [-0.2, 0) is 11.4 Å². The van der Waals surface area contributed by atoms with Gasteiger partial charge in [0.1, 0.15) is 11.5 Å². The molecule has 0 unspecified atom stereocenters. The topological polar surface area (TPSA) is 86.5 Å². The summed E-state index contributed by atoms with van der Waals surface area (Å²) < 4.78 is 16.4. The number of ether oxygens (including phenoxy) is 2. The fraction of sp³-hybridized carbons (Fsp3) is 0.136. The van der Waals surface area contributed by atoms with E-state index in [0.717, 1.165) is 28.3 Å². The minimum absolute atomic E-state index is 0.143. The van der Waals surface area contributed by atoms with Crippen LogP contribution in [-0.4, -0.2) is 29.0 Å². The Balaban J connectivity index is 1.27. The molecule has 0 spiro atoms. The second-order valence-electron chi connectivity index (χ2n) is 6.33. The molecule has 0 saturated carbocycles. The van der Waals surface area contributed by atoms with E-state index in [2.05, 4.69) is 15.5 Å². The predicted molar refractivity (Wildman–Crippen MR) is 115 cm³/mol. The molecule has 0 saturated heterocycles. The van der Waals surface area contributed by atoms with E-state index in [1.54, 1.807) is 25.3 Å². The van der Waals surface area contributed by atoms with Gasteiger partial charge in [-0.15, -0.1) is 10.2 Å². The Bertz CT molecular complexity index is 1160. The molecule has 0 aliphatic heterocycles. The highest BCUT2D eigenvalue weighted by Gasteiger charge is 2.11. The molecule has 152 valence electrons. The van der Waals surface area contributed by atoms with Crippen LogP contribution in [0.2, 0.25) is 0 Å². The first kappa shape index (κ1) is 19.8. The number of carbonyl (C=O) groups excluding carboxylic acids is 1. The van der Waals surface area contributed by atoms with Gasteiger partial charge in [0.25, 0.3) is 11.1 Å². The van der Waals surface area contributed by atoms with Crippen LogP contribution in [0.1, 0.15) is 5.89 Å². The Morgan fingerprint density at radius 1 is 1.00 bits per heavy atom. The molecule has 1 heterocycles. The minimum Gasteiger partial charge on any atom is -0.497 e. The van der Waals surface area contributed by atoms with Crippen molar-refractivity contribution >= 4 is 34.1 Å². The first-order valence-corrected chi connectivity index (χ1v) is 10.2. The number of anilines is 1. The molecule has 8 heteroatoms. The normalized spacial score (nSPS) is 10.7. The van der Waals surface area contributed by atoms with Gasteiger partial charge >= 0.3 is 0 Å². The summed E-state index contributed by atoms with van der Waals surface area (Å²) in [4.78, 5) is 12.1. The lowest BCUT2D eigenvalue weighted by Crippen LogP contribution is -2.13. The number of nitrogens with one attached hydrogen (secondary N) is 1. The van der Waals surface area contributed by atoms with Gasteiger partial charge in [-0.05, 0) is 35.0 Å². The summed E-state index contributed by atoms with van der Waals surface area (Å²) in [5.41, 5.74) is 0.662. The van der Waals surface area contributed by atoms with Crippen molar-refractivity contribution in [2.24, 2.45) is 0 Å². The van der Waals surface area contributed by atoms with Gasteiger partial charge in [-0.1, -0.05) is 48.2 Å². The molecule has 0 fully saturated rings. The van der Waals surface area contributed by atoms with E-state index >= 15 is 0 Å². The summed E-state index contributed by atoms with van der Waals surface area (Å²) in [6.45, 7) is 0.155. The Hall–Kier alpha value is -3.52. The van der Waals surface area contributed by atoms with Gasteiger partial charge in [0, 0.05) is 11.8 Å². The van der Waals surface area contributed by atoms with Gasteiger partial charge < -0.3 is 19.2 Å². The van der Waals surface area contributed by atoms with Crippen LogP contribution in [0.3, 0.4) is 0 Å². The number of thioether (sulfide) groups is 1. The van der Waals surface area contributed by atoms with E-state index in [9.17, 15) is 4.79 Å². The number of hydrogen-bond donors (Lipinski definition) is 1. The highest BCUT2D eigenvalue weighted by atomic mass is 32.2. The molecular weight excluding hydrogens is 402 g/mol. The Morgan fingerprint density at radius 3 is 2.73 bits per heavy atom. The van der Waals surface area contributed by atoms with Crippen molar-refractivity contribution in [3.05, 3.63) is 72.6 Å². The van der Waals surface area contributed by atoms with E-state index in [0.29, 0.717) is 22.6 Å². The van der Waals surface area contributed by atoms with E-state index < -0.39 is 0 Å². The predicted octanol–water partition coefficient (Wildman–Crippen LogP) is 4.54. The zero-order chi connectivity index (χ0) is 20.8. The summed E-state index contributed by atoms with van der Waals surface area (Å²) in [6, 6.07) is 21.1. The second-order valence-corrected chi connectivity index (χ2v) is 7.25. The third kappa shape index (κ3) is 5.09. The molecule has 1 aromatic heterocycles. The maximum Gasteiger partial charge on any atom is 0.277 e. The van der Waals surface area contributed by atoms with Crippen LogP contribution >= 0.6 is 11.8 Å². The molecule has 30 heavy (non-hydrogen) atoms. The summed E-state index contributed by atoms with van der Waals surface area (Å²) in [6.07, 6.45) is 0. The number of nitrogens with zero attached hydrogens (tertiary/aromatic N) is 2. The molecule has 0 aliphatic rings. The molecule has 0 radical (unpaired) electrons. The fourth-order valence-corrected chi connectivity index (χ4v) is 3.36. The van der Waals surface area contributed by atoms with Gasteiger partial charge in [-0.2, -0.15) is 0 Å². The molecule has 7 nitrogen and oxygen atoms in total. The van der Waals surface area contributed by atoms with Crippen molar-refractivity contribution in [3.63, 3.8) is 0 Å². The number of fused-ring (bicyclic) bond motifs is 1. The quantitative estimate of drug-likeness (QED) is 0.418. The van der Waals surface area contributed by atoms with E-state index in [-0.39, 0.29) is 18.3 Å². The van der Waals surface area contributed by atoms with Gasteiger partial charge in [0.05, 0.1) is 12.9 Å². The number of carbonyl (C=O) groups is 1. The van der Waals surface area contributed by atoms with Crippen LogP contribution in [0.5, 0.6) is 11.5 Å². The van der Waals surface area contributed by atoms with Crippen LogP contribution in [0.15, 0.2) is 76.4 Å². The highest BCUT2D eigenvalue weighted by Crippen LogP contribution is 2.22. The number of benzene rings is 3. The zero-order valence-corrected chi connectivity index (χ0v) is 17.0. The van der Waals surface area contributed by atoms with Crippen molar-refractivity contribution in [3.8, 4) is 11.5 Å². The number of hydrogen-bond acceptors (Lipinski definition) is 7. The Morgan fingerprint density at radius 2 is 1.87 bits per heavy atom. The van der Waals surface area contributed by atoms with Crippen LogP contribution in [0.25, 0.3) is 10.8 Å². The van der Waals surface area contributed by atoms with Gasteiger partial charge in [0.15, 0.2) is 6.61 Å². The molecule has 4 rings (SSSR count). The highest BCUT2D eigenvalue weighted by molar-refractivity contribution is 7.99. The van der Waals surface area contributed by atoms with Crippen molar-refractivity contribution < 1.29 is 18.7 Å². The molecule has 1 amide bonds. The third-order valence-electron chi connectivity index (χ3n) is 4.21. The van der Waals surface area contributed by atoms with Crippen LogP contribution in [0.4, 0.5) is 5.69 Å². The lowest BCUT2D eigenvalue weighted by atomic mass is 10.1. The Labute approximate surface area is 177 Å². The first-order chi connectivity index (χ1) is 14.7. The second kappa shape index (κ2) is 9.32. The maximum atomic E-state index is 12.1. The van der Waals surface area contributed by atoms with Crippen molar-refractivity contribution in [1.82, 2.24) is 10.2 Å². The van der Waals surface area contributed by atoms with Gasteiger partial charge in [-0.25, -0.2) is 0 Å². The lowest BCUT2D eigenvalue weighted by molar-refractivity contribution is -0.113. The average molecular weight is 421 g/mol. The molecule has 1 N–H and O–H groups in total.